The number of ether oxygens (including phenoxy) is 1. The topological polar surface area (TPSA) is 62.4 Å². The molecule has 3 N–H and O–H groups in total. The molecule has 0 aliphatic carbocycles. The van der Waals surface area contributed by atoms with Gasteiger partial charge in [-0.1, -0.05) is 34.1 Å². The number of amides is 1. The summed E-state index contributed by atoms with van der Waals surface area (Å²) in [7, 11) is 1.52. The first kappa shape index (κ1) is 14.5. The second kappa shape index (κ2) is 6.47. The first-order valence-electron chi connectivity index (χ1n) is 6.20. The van der Waals surface area contributed by atoms with E-state index >= 15 is 0 Å². The zero-order valence-electron chi connectivity index (χ0n) is 10.9. The molecule has 1 aromatic rings. The van der Waals surface area contributed by atoms with Crippen LogP contribution in [0.25, 0.3) is 0 Å². The third kappa shape index (κ3) is 3.54. The van der Waals surface area contributed by atoms with Crippen LogP contribution in [-0.4, -0.2) is 25.3 Å². The summed E-state index contributed by atoms with van der Waals surface area (Å²) in [5.74, 6) is -0.116. The summed E-state index contributed by atoms with van der Waals surface area (Å²) >= 11 is 3.54. The van der Waals surface area contributed by atoms with Crippen molar-refractivity contribution in [3.05, 3.63) is 34.3 Å². The third-order valence-electron chi connectivity index (χ3n) is 3.22. The Morgan fingerprint density at radius 3 is 2.89 bits per heavy atom. The van der Waals surface area contributed by atoms with Crippen LogP contribution in [0.2, 0.25) is 0 Å². The maximum absolute atomic E-state index is 11.7. The van der Waals surface area contributed by atoms with Gasteiger partial charge in [-0.15, -0.1) is 0 Å². The molecule has 3 unspecified atom stereocenters. The van der Waals surface area contributed by atoms with Crippen molar-refractivity contribution in [3.8, 4) is 0 Å². The van der Waals surface area contributed by atoms with Crippen molar-refractivity contribution in [3.63, 3.8) is 0 Å². The van der Waals surface area contributed by atoms with Gasteiger partial charge >= 0.3 is 0 Å². The molecule has 0 spiro atoms. The molecule has 1 aliphatic heterocycles. The Labute approximate surface area is 121 Å². The summed E-state index contributed by atoms with van der Waals surface area (Å²) in [5.41, 5.74) is 7.45. The Hall–Kier alpha value is -0.950. The molecule has 5 nitrogen and oxygen atoms in total. The molecule has 104 valence electrons. The number of methoxy groups -OCH3 is 1. The van der Waals surface area contributed by atoms with Crippen LogP contribution in [0.15, 0.2) is 28.7 Å². The van der Waals surface area contributed by atoms with E-state index in [1.165, 1.54) is 12.7 Å². The number of hydrogen-bond donors (Lipinski definition) is 3. The lowest BCUT2D eigenvalue weighted by Crippen LogP contribution is -2.47. The number of halogens is 1. The number of hydrogen-bond acceptors (Lipinski definition) is 4. The van der Waals surface area contributed by atoms with Gasteiger partial charge in [-0.05, 0) is 18.6 Å². The van der Waals surface area contributed by atoms with E-state index in [9.17, 15) is 4.79 Å². The second-order valence-corrected chi connectivity index (χ2v) is 5.39. The Balaban J connectivity index is 1.94. The lowest BCUT2D eigenvalue weighted by molar-refractivity contribution is -0.130. The summed E-state index contributed by atoms with van der Waals surface area (Å²) in [5, 5.41) is 2.90. The normalized spacial score (nSPS) is 24.2. The van der Waals surface area contributed by atoms with Crippen molar-refractivity contribution < 1.29 is 9.53 Å². The SMILES string of the molecule is COC(C)C(=O)NC1CC(c2ccccc2Br)NN1. The highest BCUT2D eigenvalue weighted by Crippen LogP contribution is 2.27. The average Bonchev–Trinajstić information content (AvgIpc) is 2.86. The van der Waals surface area contributed by atoms with Crippen LogP contribution >= 0.6 is 15.9 Å². The van der Waals surface area contributed by atoms with Crippen LogP contribution in [0.3, 0.4) is 0 Å². The van der Waals surface area contributed by atoms with Crippen LogP contribution in [0, 0.1) is 0 Å². The molecule has 1 aromatic carbocycles. The van der Waals surface area contributed by atoms with E-state index in [0.29, 0.717) is 0 Å². The highest BCUT2D eigenvalue weighted by molar-refractivity contribution is 9.10. The molecule has 2 rings (SSSR count). The van der Waals surface area contributed by atoms with Crippen LogP contribution in [0.5, 0.6) is 0 Å². The lowest BCUT2D eigenvalue weighted by atomic mass is 10.0. The van der Waals surface area contributed by atoms with Crippen LogP contribution < -0.4 is 16.2 Å². The summed E-state index contributed by atoms with van der Waals surface area (Å²) < 4.78 is 6.05. The Kier molecular flexibility index (Phi) is 4.93. The molecule has 0 radical (unpaired) electrons. The zero-order valence-corrected chi connectivity index (χ0v) is 12.5. The first-order chi connectivity index (χ1) is 9.11. The minimum Gasteiger partial charge on any atom is -0.372 e. The van der Waals surface area contributed by atoms with Crippen molar-refractivity contribution >= 4 is 21.8 Å². The summed E-state index contributed by atoms with van der Waals surface area (Å²) in [6, 6.07) is 8.22. The van der Waals surface area contributed by atoms with Gasteiger partial charge in [0.05, 0.1) is 12.2 Å². The molecule has 1 fully saturated rings. The van der Waals surface area contributed by atoms with E-state index in [4.69, 9.17) is 4.74 Å². The maximum atomic E-state index is 11.7. The van der Waals surface area contributed by atoms with Crippen LogP contribution in [0.4, 0.5) is 0 Å². The van der Waals surface area contributed by atoms with E-state index < -0.39 is 6.10 Å². The van der Waals surface area contributed by atoms with E-state index in [2.05, 4.69) is 38.2 Å². The summed E-state index contributed by atoms with van der Waals surface area (Å²) in [6.45, 7) is 1.73. The smallest absolute Gasteiger partial charge is 0.250 e. The Morgan fingerprint density at radius 2 is 2.21 bits per heavy atom. The Bertz CT molecular complexity index is 455. The van der Waals surface area contributed by atoms with Crippen molar-refractivity contribution in [2.24, 2.45) is 0 Å². The lowest BCUT2D eigenvalue weighted by Gasteiger charge is -2.15. The van der Waals surface area contributed by atoms with Gasteiger partial charge in [0, 0.05) is 18.0 Å². The second-order valence-electron chi connectivity index (χ2n) is 4.54. The fourth-order valence-corrected chi connectivity index (χ4v) is 2.57. The van der Waals surface area contributed by atoms with E-state index in [0.717, 1.165) is 10.9 Å². The van der Waals surface area contributed by atoms with Gasteiger partial charge in [0.2, 0.25) is 5.91 Å². The van der Waals surface area contributed by atoms with Crippen molar-refractivity contribution in [1.82, 2.24) is 16.2 Å². The molecular formula is C13H18BrN3O2. The summed E-state index contributed by atoms with van der Waals surface area (Å²) in [6.07, 6.45) is 0.247. The van der Waals surface area contributed by atoms with Crippen molar-refractivity contribution in [2.45, 2.75) is 31.7 Å². The third-order valence-corrected chi connectivity index (χ3v) is 3.95. The van der Waals surface area contributed by atoms with Crippen LogP contribution in [-0.2, 0) is 9.53 Å². The predicted molar refractivity (Wildman–Crippen MR) is 76.2 cm³/mol. The van der Waals surface area contributed by atoms with Gasteiger partial charge in [0.1, 0.15) is 6.10 Å². The highest BCUT2D eigenvalue weighted by atomic mass is 79.9. The predicted octanol–water partition coefficient (Wildman–Crippen LogP) is 1.47. The van der Waals surface area contributed by atoms with Gasteiger partial charge in [-0.2, -0.15) is 0 Å². The minimum atomic E-state index is -0.440. The van der Waals surface area contributed by atoms with Gasteiger partial charge in [-0.25, -0.2) is 10.9 Å². The average molecular weight is 328 g/mol. The molecule has 0 bridgehead atoms. The summed E-state index contributed by atoms with van der Waals surface area (Å²) in [4.78, 5) is 11.7. The number of carbonyl (C=O) groups excluding carboxylic acids is 1. The molecule has 0 saturated carbocycles. The van der Waals surface area contributed by atoms with Crippen molar-refractivity contribution in [1.29, 1.82) is 0 Å². The van der Waals surface area contributed by atoms with Crippen LogP contribution in [0.1, 0.15) is 24.9 Å². The fourth-order valence-electron chi connectivity index (χ4n) is 2.01. The molecule has 1 aliphatic rings. The number of benzene rings is 1. The Morgan fingerprint density at radius 1 is 1.47 bits per heavy atom. The van der Waals surface area contributed by atoms with E-state index in [-0.39, 0.29) is 18.1 Å². The minimum absolute atomic E-state index is 0.0952. The molecule has 19 heavy (non-hydrogen) atoms. The van der Waals surface area contributed by atoms with E-state index in [1.54, 1.807) is 6.92 Å². The molecule has 3 atom stereocenters. The van der Waals surface area contributed by atoms with Gasteiger partial charge in [0.25, 0.3) is 0 Å². The van der Waals surface area contributed by atoms with Gasteiger partial charge in [-0.3, -0.25) is 4.79 Å². The van der Waals surface area contributed by atoms with E-state index in [1.807, 2.05) is 18.2 Å². The van der Waals surface area contributed by atoms with Gasteiger partial charge < -0.3 is 10.1 Å². The monoisotopic (exact) mass is 327 g/mol. The first-order valence-corrected chi connectivity index (χ1v) is 6.99. The van der Waals surface area contributed by atoms with Crippen molar-refractivity contribution in [2.75, 3.05) is 7.11 Å². The molecule has 1 saturated heterocycles. The molecule has 6 heteroatoms. The molecule has 1 amide bonds. The zero-order chi connectivity index (χ0) is 13.8. The largest absolute Gasteiger partial charge is 0.372 e. The maximum Gasteiger partial charge on any atom is 0.250 e. The molecular weight excluding hydrogens is 310 g/mol. The number of nitrogens with one attached hydrogen (secondary N) is 3. The van der Waals surface area contributed by atoms with Gasteiger partial charge in [0.15, 0.2) is 0 Å². The molecule has 0 aromatic heterocycles. The standard InChI is InChI=1S/C13H18BrN3O2/c1-8(19-2)13(18)15-12-7-11(16-17-12)9-5-3-4-6-10(9)14/h3-6,8,11-12,16-17H,7H2,1-2H3,(H,15,18). The number of rotatable bonds is 4. The molecule has 1 heterocycles. The fraction of sp³-hybridized carbons (Fsp3) is 0.462. The quantitative estimate of drug-likeness (QED) is 0.783. The highest BCUT2D eigenvalue weighted by Gasteiger charge is 2.28. The number of carbonyl (C=O) groups is 1. The number of hydrazine groups is 1.